The summed E-state index contributed by atoms with van der Waals surface area (Å²) in [6, 6.07) is 19.2. The molecule has 5 rings (SSSR count). The number of carbonyl (C=O) groups is 4. The van der Waals surface area contributed by atoms with E-state index in [9.17, 15) is 36.0 Å². The Labute approximate surface area is 396 Å². The van der Waals surface area contributed by atoms with Crippen molar-refractivity contribution in [1.29, 1.82) is 0 Å². The zero-order chi connectivity index (χ0) is 48.8. The highest BCUT2D eigenvalue weighted by atomic mass is 32.2. The van der Waals surface area contributed by atoms with E-state index in [0.29, 0.717) is 89.6 Å². The molecule has 3 fully saturated rings. The van der Waals surface area contributed by atoms with Gasteiger partial charge >= 0.3 is 17.9 Å². The van der Waals surface area contributed by atoms with Crippen molar-refractivity contribution in [2.75, 3.05) is 60.8 Å². The number of nitrogens with two attached hydrogens (primary N) is 1. The molecule has 0 atom stereocenters. The second-order valence-corrected chi connectivity index (χ2v) is 21.8. The molecule has 0 amide bonds. The number of hydrogen-bond acceptors (Lipinski definition) is 15. The van der Waals surface area contributed by atoms with Gasteiger partial charge in [0.15, 0.2) is 5.12 Å². The molecule has 0 heterocycles. The summed E-state index contributed by atoms with van der Waals surface area (Å²) in [5.41, 5.74) is 6.98. The number of methoxy groups -OCH3 is 3. The lowest BCUT2D eigenvalue weighted by atomic mass is 9.89. The summed E-state index contributed by atoms with van der Waals surface area (Å²) in [4.78, 5) is 45.9. The van der Waals surface area contributed by atoms with Gasteiger partial charge in [-0.2, -0.15) is 0 Å². The molecule has 17 nitrogen and oxygen atoms in total. The number of thioether (sulfide) groups is 1. The molecular weight excluding hydrogens is 915 g/mol. The molecule has 0 aliphatic heterocycles. The summed E-state index contributed by atoms with van der Waals surface area (Å²) in [6.45, 7) is 4.72. The van der Waals surface area contributed by atoms with E-state index in [1.807, 2.05) is 60.7 Å². The molecule has 374 valence electrons. The zero-order valence-corrected chi connectivity index (χ0v) is 41.4. The van der Waals surface area contributed by atoms with E-state index in [-0.39, 0.29) is 54.5 Å². The standard InChI is InChI=1S/C17H25NO5S.C16H20O3S.C10H19NO5S.C3H9NO/c1-22-12-11-18-24(20,21)16-9-7-15(8-10-16)17(19)23-13-14-5-3-2-4-6-14;1-12(17)20-15-9-7-14(8-10-15)16(18)19-11-13-5-3-2-4-6-13;1-16-7-6-11-17(14,15)9-4-2-8(3-5-9)10(12)13;1-5-3-2-4/h2-6,15-16,18H,7-13H2,1H3;2-6,14-15H,7-11H2,1H3;8-9,11H,2-7H2,1H3,(H,12,13);2-4H2,1H3. The van der Waals surface area contributed by atoms with Crippen molar-refractivity contribution >= 4 is 54.8 Å². The quantitative estimate of drug-likeness (QED) is 0.0982. The SMILES string of the molecule is CC(=O)SC1CCC(C(=O)OCc2ccccc2)CC1.COCCN.COCCNS(=O)(=O)C1CCC(C(=O)O)CC1.COCCNS(=O)(=O)C1CCC(C(=O)OCc2ccccc2)CC1. The van der Waals surface area contributed by atoms with E-state index < -0.39 is 36.5 Å². The predicted octanol–water partition coefficient (Wildman–Crippen LogP) is 5.21. The summed E-state index contributed by atoms with van der Waals surface area (Å²) in [6.07, 6.45) is 7.27. The summed E-state index contributed by atoms with van der Waals surface area (Å²) < 4.78 is 77.9. The molecule has 3 saturated carbocycles. The molecule has 0 bridgehead atoms. The van der Waals surface area contributed by atoms with Gasteiger partial charge in [-0.1, -0.05) is 72.4 Å². The Hall–Kier alpha value is -3.47. The molecule has 3 aliphatic carbocycles. The number of hydrogen-bond donors (Lipinski definition) is 4. The van der Waals surface area contributed by atoms with Crippen molar-refractivity contribution in [2.24, 2.45) is 23.5 Å². The lowest BCUT2D eigenvalue weighted by Gasteiger charge is -2.27. The van der Waals surface area contributed by atoms with Gasteiger partial charge < -0.3 is 34.5 Å². The lowest BCUT2D eigenvalue weighted by Crippen LogP contribution is -2.39. The highest BCUT2D eigenvalue weighted by Crippen LogP contribution is 2.33. The van der Waals surface area contributed by atoms with E-state index in [1.54, 1.807) is 14.0 Å². The fourth-order valence-electron chi connectivity index (χ4n) is 7.50. The van der Waals surface area contributed by atoms with Gasteiger partial charge in [0.2, 0.25) is 20.0 Å². The minimum Gasteiger partial charge on any atom is -0.481 e. The monoisotopic (exact) mass is 987 g/mol. The topological polar surface area (TPSA) is 253 Å². The largest absolute Gasteiger partial charge is 0.481 e. The molecule has 5 N–H and O–H groups in total. The fraction of sp³-hybridized carbons (Fsp3) is 0.652. The van der Waals surface area contributed by atoms with Gasteiger partial charge in [0.1, 0.15) is 13.2 Å². The average Bonchev–Trinajstić information content (AvgIpc) is 3.32. The van der Waals surface area contributed by atoms with Crippen molar-refractivity contribution in [2.45, 2.75) is 113 Å². The molecule has 0 spiro atoms. The number of benzene rings is 2. The summed E-state index contributed by atoms with van der Waals surface area (Å²) >= 11 is 1.41. The maximum absolute atomic E-state index is 12.2. The van der Waals surface area contributed by atoms with Gasteiger partial charge in [-0.3, -0.25) is 19.2 Å². The number of esters is 2. The first kappa shape index (κ1) is 58.7. The number of carbonyl (C=O) groups excluding carboxylic acids is 3. The first-order valence-electron chi connectivity index (χ1n) is 22.5. The molecule has 20 heteroatoms. The lowest BCUT2D eigenvalue weighted by molar-refractivity contribution is -0.151. The minimum absolute atomic E-state index is 0.00233. The van der Waals surface area contributed by atoms with Crippen molar-refractivity contribution in [3.05, 3.63) is 71.8 Å². The number of aliphatic carboxylic acids is 1. The van der Waals surface area contributed by atoms with Crippen molar-refractivity contribution in [3.8, 4) is 0 Å². The highest BCUT2D eigenvalue weighted by Gasteiger charge is 2.35. The Balaban J connectivity index is 0.000000327. The van der Waals surface area contributed by atoms with Crippen molar-refractivity contribution < 1.29 is 64.8 Å². The number of nitrogens with one attached hydrogen (secondary N) is 2. The summed E-state index contributed by atoms with van der Waals surface area (Å²) in [5.74, 6) is -1.75. The van der Waals surface area contributed by atoms with Crippen LogP contribution in [0.1, 0.15) is 95.1 Å². The first-order chi connectivity index (χ1) is 31.6. The predicted molar refractivity (Wildman–Crippen MR) is 254 cm³/mol. The number of sulfonamides is 2. The molecule has 0 saturated heterocycles. The minimum atomic E-state index is -3.34. The Kier molecular flexibility index (Phi) is 29.4. The van der Waals surface area contributed by atoms with E-state index in [2.05, 4.69) is 14.2 Å². The second kappa shape index (κ2) is 33.1. The Morgan fingerprint density at radius 2 is 0.955 bits per heavy atom. The Bertz CT molecular complexity index is 1880. The highest BCUT2D eigenvalue weighted by molar-refractivity contribution is 8.14. The molecule has 0 aromatic heterocycles. The smallest absolute Gasteiger partial charge is 0.309 e. The molecule has 3 aliphatic rings. The molecular formula is C46H73N3O14S3. The first-order valence-corrected chi connectivity index (χ1v) is 26.5. The van der Waals surface area contributed by atoms with Crippen LogP contribution in [0.2, 0.25) is 0 Å². The Morgan fingerprint density at radius 3 is 1.27 bits per heavy atom. The third kappa shape index (κ3) is 24.0. The van der Waals surface area contributed by atoms with E-state index in [4.69, 9.17) is 29.8 Å². The molecule has 0 unspecified atom stereocenters. The maximum Gasteiger partial charge on any atom is 0.309 e. The molecule has 0 radical (unpaired) electrons. The molecule has 2 aromatic carbocycles. The number of carboxylic acids is 1. The Morgan fingerprint density at radius 1 is 0.591 bits per heavy atom. The van der Waals surface area contributed by atoms with E-state index in [1.165, 1.54) is 26.0 Å². The van der Waals surface area contributed by atoms with Crippen LogP contribution in [0.5, 0.6) is 0 Å². The maximum atomic E-state index is 12.2. The number of rotatable bonds is 20. The van der Waals surface area contributed by atoms with Gasteiger partial charge in [-0.05, 0) is 88.2 Å². The van der Waals surface area contributed by atoms with Gasteiger partial charge in [-0.15, -0.1) is 0 Å². The molecule has 66 heavy (non-hydrogen) atoms. The van der Waals surface area contributed by atoms with Crippen LogP contribution in [0.4, 0.5) is 0 Å². The van der Waals surface area contributed by atoms with E-state index >= 15 is 0 Å². The van der Waals surface area contributed by atoms with Crippen LogP contribution in [0.15, 0.2) is 60.7 Å². The van der Waals surface area contributed by atoms with Gasteiger partial charge in [0.25, 0.3) is 0 Å². The normalized spacial score (nSPS) is 21.8. The van der Waals surface area contributed by atoms with Crippen molar-refractivity contribution in [1.82, 2.24) is 9.44 Å². The third-order valence-corrected chi connectivity index (χ3v) is 16.3. The third-order valence-electron chi connectivity index (χ3n) is 11.2. The van der Waals surface area contributed by atoms with Crippen LogP contribution in [-0.2, 0) is 76.1 Å². The number of ether oxygens (including phenoxy) is 5. The van der Waals surface area contributed by atoms with Gasteiger partial charge in [0.05, 0.1) is 48.1 Å². The van der Waals surface area contributed by atoms with Crippen LogP contribution >= 0.6 is 11.8 Å². The van der Waals surface area contributed by atoms with Gasteiger partial charge in [-0.25, -0.2) is 26.3 Å². The number of carboxylic acid groups (broad SMARTS) is 1. The van der Waals surface area contributed by atoms with E-state index in [0.717, 1.165) is 36.8 Å². The van der Waals surface area contributed by atoms with Crippen LogP contribution in [0.25, 0.3) is 0 Å². The second-order valence-electron chi connectivity index (χ2n) is 16.2. The van der Waals surface area contributed by atoms with Gasteiger partial charge in [0, 0.05) is 53.1 Å². The van der Waals surface area contributed by atoms with Crippen molar-refractivity contribution in [3.63, 3.8) is 0 Å². The summed E-state index contributed by atoms with van der Waals surface area (Å²) in [7, 11) is -2.00. The zero-order valence-electron chi connectivity index (χ0n) is 38.9. The van der Waals surface area contributed by atoms with Crippen LogP contribution < -0.4 is 15.2 Å². The average molecular weight is 988 g/mol. The van der Waals surface area contributed by atoms with Crippen LogP contribution in [-0.4, -0.2) is 121 Å². The van der Waals surface area contributed by atoms with Crippen LogP contribution in [0.3, 0.4) is 0 Å². The summed E-state index contributed by atoms with van der Waals surface area (Å²) in [5, 5.41) is 8.47. The molecule has 2 aromatic rings. The van der Waals surface area contributed by atoms with Crippen LogP contribution in [0, 0.1) is 17.8 Å². The fourth-order valence-corrected chi connectivity index (χ4v) is 11.5.